The molecule has 1 aromatic rings. The summed E-state index contributed by atoms with van der Waals surface area (Å²) in [6.45, 7) is 3.01. The van der Waals surface area contributed by atoms with Gasteiger partial charge in [-0.15, -0.1) is 0 Å². The molecule has 0 aliphatic carbocycles. The minimum Gasteiger partial charge on any atom is -0.351 e. The standard InChI is InChI=1S/C14H19FN2O/c1-10-5-6-11(8-12(10)15)9-17-14(18)13-4-2-3-7-16-13/h5-6,8,13,16H,2-4,7,9H2,1H3,(H,17,18). The fourth-order valence-electron chi connectivity index (χ4n) is 2.13. The molecule has 0 spiro atoms. The summed E-state index contributed by atoms with van der Waals surface area (Å²) >= 11 is 0. The zero-order valence-electron chi connectivity index (χ0n) is 10.6. The van der Waals surface area contributed by atoms with E-state index in [0.29, 0.717) is 12.1 Å². The monoisotopic (exact) mass is 250 g/mol. The van der Waals surface area contributed by atoms with Crippen molar-refractivity contribution in [3.63, 3.8) is 0 Å². The van der Waals surface area contributed by atoms with Gasteiger partial charge in [-0.1, -0.05) is 18.6 Å². The Bertz CT molecular complexity index is 428. The van der Waals surface area contributed by atoms with Crippen molar-refractivity contribution in [1.82, 2.24) is 10.6 Å². The number of hydrogen-bond donors (Lipinski definition) is 2. The molecule has 18 heavy (non-hydrogen) atoms. The minimum atomic E-state index is -0.224. The molecule has 98 valence electrons. The number of benzene rings is 1. The first-order valence-electron chi connectivity index (χ1n) is 6.43. The van der Waals surface area contributed by atoms with Crippen LogP contribution < -0.4 is 10.6 Å². The van der Waals surface area contributed by atoms with Crippen LogP contribution in [-0.2, 0) is 11.3 Å². The van der Waals surface area contributed by atoms with E-state index in [1.165, 1.54) is 6.07 Å². The summed E-state index contributed by atoms with van der Waals surface area (Å²) in [5.41, 5.74) is 1.42. The Hall–Kier alpha value is -1.42. The lowest BCUT2D eigenvalue weighted by atomic mass is 10.0. The summed E-state index contributed by atoms with van der Waals surface area (Å²) in [6.07, 6.45) is 3.10. The van der Waals surface area contributed by atoms with Crippen molar-refractivity contribution in [2.24, 2.45) is 0 Å². The minimum absolute atomic E-state index is 0.00989. The smallest absolute Gasteiger partial charge is 0.237 e. The van der Waals surface area contributed by atoms with Gasteiger partial charge in [-0.3, -0.25) is 4.79 Å². The molecular weight excluding hydrogens is 231 g/mol. The van der Waals surface area contributed by atoms with Crippen LogP contribution in [-0.4, -0.2) is 18.5 Å². The van der Waals surface area contributed by atoms with E-state index >= 15 is 0 Å². The first kappa shape index (κ1) is 13.0. The van der Waals surface area contributed by atoms with Gasteiger partial charge in [0.15, 0.2) is 0 Å². The molecule has 3 nitrogen and oxygen atoms in total. The highest BCUT2D eigenvalue weighted by Crippen LogP contribution is 2.10. The highest BCUT2D eigenvalue weighted by atomic mass is 19.1. The highest BCUT2D eigenvalue weighted by Gasteiger charge is 2.19. The topological polar surface area (TPSA) is 41.1 Å². The number of nitrogens with one attached hydrogen (secondary N) is 2. The van der Waals surface area contributed by atoms with E-state index in [4.69, 9.17) is 0 Å². The molecule has 4 heteroatoms. The molecule has 1 heterocycles. The molecule has 1 aliphatic heterocycles. The molecule has 1 atom stereocenters. The molecule has 1 amide bonds. The number of piperidine rings is 1. The van der Waals surface area contributed by atoms with Crippen LogP contribution in [0.3, 0.4) is 0 Å². The molecule has 1 fully saturated rings. The van der Waals surface area contributed by atoms with Crippen LogP contribution in [0.2, 0.25) is 0 Å². The molecular formula is C14H19FN2O. The second-order valence-corrected chi connectivity index (χ2v) is 4.80. The van der Waals surface area contributed by atoms with Gasteiger partial charge in [0.05, 0.1) is 6.04 Å². The van der Waals surface area contributed by atoms with Gasteiger partial charge in [0.25, 0.3) is 0 Å². The number of rotatable bonds is 3. The fraction of sp³-hybridized carbons (Fsp3) is 0.500. The van der Waals surface area contributed by atoms with Crippen molar-refractivity contribution >= 4 is 5.91 Å². The maximum absolute atomic E-state index is 13.3. The van der Waals surface area contributed by atoms with Gasteiger partial charge in [0.1, 0.15) is 5.82 Å². The van der Waals surface area contributed by atoms with E-state index in [1.807, 2.05) is 6.07 Å². The molecule has 1 aliphatic rings. The lowest BCUT2D eigenvalue weighted by Gasteiger charge is -2.22. The number of amides is 1. The van der Waals surface area contributed by atoms with Gasteiger partial charge in [-0.2, -0.15) is 0 Å². The summed E-state index contributed by atoms with van der Waals surface area (Å²) in [5, 5.41) is 6.04. The predicted molar refractivity (Wildman–Crippen MR) is 68.6 cm³/mol. The summed E-state index contributed by atoms with van der Waals surface area (Å²) in [4.78, 5) is 11.9. The molecule has 2 N–H and O–H groups in total. The van der Waals surface area contributed by atoms with Crippen LogP contribution in [0.1, 0.15) is 30.4 Å². The quantitative estimate of drug-likeness (QED) is 0.860. The molecule has 0 saturated carbocycles. The van der Waals surface area contributed by atoms with Crippen molar-refractivity contribution in [1.29, 1.82) is 0 Å². The Morgan fingerprint density at radius 2 is 2.33 bits per heavy atom. The van der Waals surface area contributed by atoms with Gasteiger partial charge in [-0.25, -0.2) is 4.39 Å². The van der Waals surface area contributed by atoms with E-state index in [0.717, 1.165) is 31.4 Å². The van der Waals surface area contributed by atoms with Crippen molar-refractivity contribution in [3.05, 3.63) is 35.1 Å². The van der Waals surface area contributed by atoms with Gasteiger partial charge in [0, 0.05) is 6.54 Å². The highest BCUT2D eigenvalue weighted by molar-refractivity contribution is 5.81. The summed E-state index contributed by atoms with van der Waals surface area (Å²) in [5.74, 6) is -0.215. The average Bonchev–Trinajstić information content (AvgIpc) is 2.41. The summed E-state index contributed by atoms with van der Waals surface area (Å²) in [7, 11) is 0. The van der Waals surface area contributed by atoms with Crippen molar-refractivity contribution in [2.45, 2.75) is 38.8 Å². The lowest BCUT2D eigenvalue weighted by molar-refractivity contribution is -0.123. The zero-order valence-corrected chi connectivity index (χ0v) is 10.6. The molecule has 0 bridgehead atoms. The Labute approximate surface area is 107 Å². The van der Waals surface area contributed by atoms with E-state index in [-0.39, 0.29) is 17.8 Å². The van der Waals surface area contributed by atoms with Crippen molar-refractivity contribution in [2.75, 3.05) is 6.54 Å². The maximum Gasteiger partial charge on any atom is 0.237 e. The summed E-state index contributed by atoms with van der Waals surface area (Å²) in [6, 6.07) is 4.96. The molecule has 0 radical (unpaired) electrons. The van der Waals surface area contributed by atoms with Gasteiger partial charge < -0.3 is 10.6 Å². The number of aryl methyl sites for hydroxylation is 1. The summed E-state index contributed by atoms with van der Waals surface area (Å²) < 4.78 is 13.3. The first-order valence-corrected chi connectivity index (χ1v) is 6.43. The van der Waals surface area contributed by atoms with E-state index in [2.05, 4.69) is 10.6 Å². The van der Waals surface area contributed by atoms with Crippen LogP contribution >= 0.6 is 0 Å². The molecule has 1 unspecified atom stereocenters. The van der Waals surface area contributed by atoms with E-state index in [1.54, 1.807) is 13.0 Å². The number of hydrogen-bond acceptors (Lipinski definition) is 2. The molecule has 2 rings (SSSR count). The molecule has 1 aromatic carbocycles. The third kappa shape index (κ3) is 3.29. The number of halogens is 1. The number of carbonyl (C=O) groups is 1. The SMILES string of the molecule is Cc1ccc(CNC(=O)C2CCCCN2)cc1F. The third-order valence-corrected chi connectivity index (χ3v) is 3.33. The normalized spacial score (nSPS) is 19.6. The van der Waals surface area contributed by atoms with Crippen molar-refractivity contribution < 1.29 is 9.18 Å². The predicted octanol–water partition coefficient (Wildman–Crippen LogP) is 1.89. The maximum atomic E-state index is 13.3. The van der Waals surface area contributed by atoms with Crippen LogP contribution in [0.5, 0.6) is 0 Å². The largest absolute Gasteiger partial charge is 0.351 e. The zero-order chi connectivity index (χ0) is 13.0. The fourth-order valence-corrected chi connectivity index (χ4v) is 2.13. The Morgan fingerprint density at radius 1 is 1.50 bits per heavy atom. The average molecular weight is 250 g/mol. The van der Waals surface area contributed by atoms with Gasteiger partial charge in [0.2, 0.25) is 5.91 Å². The van der Waals surface area contributed by atoms with Crippen LogP contribution in [0.4, 0.5) is 4.39 Å². The second kappa shape index (κ2) is 5.96. The van der Waals surface area contributed by atoms with Crippen LogP contribution in [0, 0.1) is 12.7 Å². The number of carbonyl (C=O) groups excluding carboxylic acids is 1. The molecule has 1 saturated heterocycles. The van der Waals surface area contributed by atoms with E-state index in [9.17, 15) is 9.18 Å². The lowest BCUT2D eigenvalue weighted by Crippen LogP contribution is -2.46. The Balaban J connectivity index is 1.86. The molecule has 0 aromatic heterocycles. The van der Waals surface area contributed by atoms with E-state index < -0.39 is 0 Å². The Kier molecular flexibility index (Phi) is 4.31. The van der Waals surface area contributed by atoms with Gasteiger partial charge >= 0.3 is 0 Å². The van der Waals surface area contributed by atoms with Crippen molar-refractivity contribution in [3.8, 4) is 0 Å². The first-order chi connectivity index (χ1) is 8.66. The second-order valence-electron chi connectivity index (χ2n) is 4.80. The Morgan fingerprint density at radius 3 is 3.00 bits per heavy atom. The van der Waals surface area contributed by atoms with Gasteiger partial charge in [-0.05, 0) is 43.5 Å². The van der Waals surface area contributed by atoms with Crippen LogP contribution in [0.25, 0.3) is 0 Å². The third-order valence-electron chi connectivity index (χ3n) is 3.33. The van der Waals surface area contributed by atoms with Crippen LogP contribution in [0.15, 0.2) is 18.2 Å².